The van der Waals surface area contributed by atoms with Crippen molar-refractivity contribution in [3.63, 3.8) is 0 Å². The van der Waals surface area contributed by atoms with Gasteiger partial charge in [0.25, 0.3) is 11.8 Å². The molecule has 23 heavy (non-hydrogen) atoms. The molecule has 0 fully saturated rings. The zero-order chi connectivity index (χ0) is 16.3. The molecule has 0 unspecified atom stereocenters. The summed E-state index contributed by atoms with van der Waals surface area (Å²) in [6.07, 6.45) is 0. The van der Waals surface area contributed by atoms with Gasteiger partial charge in [-0.2, -0.15) is 0 Å². The fourth-order valence-corrected chi connectivity index (χ4v) is 2.19. The van der Waals surface area contributed by atoms with Gasteiger partial charge in [0.15, 0.2) is 0 Å². The van der Waals surface area contributed by atoms with E-state index in [0.29, 0.717) is 4.90 Å². The Balaban J connectivity index is 0.00000264. The SMILES string of the molecule is CCOC(=O)C(C(=O)OCC)N1C(=O)c2ccccc2C1=O.[NaH]. The van der Waals surface area contributed by atoms with Gasteiger partial charge in [-0.05, 0) is 26.0 Å². The van der Waals surface area contributed by atoms with Crippen molar-refractivity contribution in [3.05, 3.63) is 35.4 Å². The minimum atomic E-state index is -1.73. The van der Waals surface area contributed by atoms with Gasteiger partial charge in [0.1, 0.15) is 0 Å². The summed E-state index contributed by atoms with van der Waals surface area (Å²) in [4.78, 5) is 49.3. The summed E-state index contributed by atoms with van der Waals surface area (Å²) >= 11 is 0. The number of fused-ring (bicyclic) bond motifs is 1. The van der Waals surface area contributed by atoms with E-state index in [-0.39, 0.29) is 53.9 Å². The number of ether oxygens (including phenoxy) is 2. The van der Waals surface area contributed by atoms with E-state index in [1.807, 2.05) is 0 Å². The van der Waals surface area contributed by atoms with Crippen LogP contribution in [0.1, 0.15) is 34.6 Å². The Labute approximate surface area is 155 Å². The number of carbonyl (C=O) groups is 4. The number of esters is 2. The van der Waals surface area contributed by atoms with Crippen LogP contribution in [-0.4, -0.2) is 77.5 Å². The molecule has 1 aromatic carbocycles. The molecule has 0 saturated carbocycles. The third-order valence-electron chi connectivity index (χ3n) is 3.10. The molecule has 118 valence electrons. The molecule has 2 rings (SSSR count). The Bertz CT molecular complexity index is 592. The van der Waals surface area contributed by atoms with E-state index in [1.165, 1.54) is 12.1 Å². The molecule has 0 aliphatic carbocycles. The molecule has 1 aliphatic heterocycles. The summed E-state index contributed by atoms with van der Waals surface area (Å²) in [6, 6.07) is 4.38. The van der Waals surface area contributed by atoms with Gasteiger partial charge in [-0.3, -0.25) is 9.59 Å². The van der Waals surface area contributed by atoms with E-state index in [1.54, 1.807) is 26.0 Å². The number of nitrogens with zero attached hydrogens (tertiary/aromatic N) is 1. The van der Waals surface area contributed by atoms with Gasteiger partial charge >= 0.3 is 41.5 Å². The van der Waals surface area contributed by atoms with Crippen LogP contribution in [0.5, 0.6) is 0 Å². The fraction of sp³-hybridized carbons (Fsp3) is 0.333. The van der Waals surface area contributed by atoms with Crippen molar-refractivity contribution in [1.82, 2.24) is 4.90 Å². The molecule has 0 N–H and O–H groups in total. The van der Waals surface area contributed by atoms with Crippen LogP contribution in [0.15, 0.2) is 24.3 Å². The fourth-order valence-electron chi connectivity index (χ4n) is 2.19. The summed E-state index contributed by atoms with van der Waals surface area (Å²) in [6.45, 7) is 3.14. The van der Waals surface area contributed by atoms with E-state index in [0.717, 1.165) is 0 Å². The molecule has 1 heterocycles. The topological polar surface area (TPSA) is 90.0 Å². The van der Waals surface area contributed by atoms with Crippen LogP contribution in [0.25, 0.3) is 0 Å². The molecule has 0 saturated heterocycles. The number of hydrogen-bond donors (Lipinski definition) is 0. The second-order valence-electron chi connectivity index (χ2n) is 4.43. The molecular weight excluding hydrogens is 313 g/mol. The Kier molecular flexibility index (Phi) is 6.93. The molecule has 7 nitrogen and oxygen atoms in total. The van der Waals surface area contributed by atoms with Crippen LogP contribution in [0.3, 0.4) is 0 Å². The third kappa shape index (κ3) is 3.63. The summed E-state index contributed by atoms with van der Waals surface area (Å²) in [5, 5.41) is 0. The van der Waals surface area contributed by atoms with Crippen molar-refractivity contribution < 1.29 is 28.7 Å². The van der Waals surface area contributed by atoms with Gasteiger partial charge in [-0.15, -0.1) is 0 Å². The second kappa shape index (κ2) is 8.24. The van der Waals surface area contributed by atoms with Crippen LogP contribution in [-0.2, 0) is 19.1 Å². The van der Waals surface area contributed by atoms with Gasteiger partial charge in [-0.25, -0.2) is 14.5 Å². The van der Waals surface area contributed by atoms with Crippen molar-refractivity contribution >= 4 is 53.3 Å². The van der Waals surface area contributed by atoms with Crippen LogP contribution in [0, 0.1) is 0 Å². The van der Waals surface area contributed by atoms with Gasteiger partial charge in [0, 0.05) is 0 Å². The predicted octanol–water partition coefficient (Wildman–Crippen LogP) is 0.129. The molecule has 8 heteroatoms. The Morgan fingerprint density at radius 1 is 0.957 bits per heavy atom. The second-order valence-corrected chi connectivity index (χ2v) is 4.43. The number of hydrogen-bond acceptors (Lipinski definition) is 6. The quantitative estimate of drug-likeness (QED) is 0.330. The first kappa shape index (κ1) is 19.3. The van der Waals surface area contributed by atoms with E-state index in [4.69, 9.17) is 9.47 Å². The molecule has 0 bridgehead atoms. The molecule has 0 aromatic heterocycles. The molecular formula is C15H16NNaO6. The predicted molar refractivity (Wildman–Crippen MR) is 81.1 cm³/mol. The van der Waals surface area contributed by atoms with E-state index < -0.39 is 29.8 Å². The average Bonchev–Trinajstić information content (AvgIpc) is 2.74. The molecule has 1 aliphatic rings. The van der Waals surface area contributed by atoms with Crippen molar-refractivity contribution in [2.75, 3.05) is 13.2 Å². The van der Waals surface area contributed by atoms with Crippen molar-refractivity contribution in [2.24, 2.45) is 0 Å². The monoisotopic (exact) mass is 329 g/mol. The van der Waals surface area contributed by atoms with Crippen molar-refractivity contribution in [3.8, 4) is 0 Å². The molecule has 0 radical (unpaired) electrons. The first-order chi connectivity index (χ1) is 10.5. The maximum absolute atomic E-state index is 12.4. The molecule has 0 spiro atoms. The van der Waals surface area contributed by atoms with Crippen LogP contribution >= 0.6 is 0 Å². The Morgan fingerprint density at radius 2 is 1.35 bits per heavy atom. The minimum absolute atomic E-state index is 0. The standard InChI is InChI=1S/C15H15NO6.Na.H/c1-3-21-14(19)11(15(20)22-4-2)16-12(17)9-7-5-6-8-10(9)13(16)18;;/h5-8,11H,3-4H2,1-2H3;;. The van der Waals surface area contributed by atoms with E-state index in [2.05, 4.69) is 0 Å². The Hall–Kier alpha value is -1.70. The third-order valence-corrected chi connectivity index (χ3v) is 3.10. The molecule has 0 atom stereocenters. The van der Waals surface area contributed by atoms with Crippen LogP contribution in [0.2, 0.25) is 0 Å². The van der Waals surface area contributed by atoms with Gasteiger partial charge < -0.3 is 9.47 Å². The first-order valence-electron chi connectivity index (χ1n) is 6.83. The average molecular weight is 329 g/mol. The van der Waals surface area contributed by atoms with Crippen molar-refractivity contribution in [1.29, 1.82) is 0 Å². The number of benzene rings is 1. The summed E-state index contributed by atoms with van der Waals surface area (Å²) in [5.74, 6) is -3.41. The van der Waals surface area contributed by atoms with Crippen LogP contribution in [0.4, 0.5) is 0 Å². The van der Waals surface area contributed by atoms with Gasteiger partial charge in [0.2, 0.25) is 6.04 Å². The van der Waals surface area contributed by atoms with Crippen molar-refractivity contribution in [2.45, 2.75) is 19.9 Å². The first-order valence-corrected chi connectivity index (χ1v) is 6.83. The number of rotatable bonds is 5. The number of amides is 2. The number of carbonyl (C=O) groups excluding carboxylic acids is 4. The summed E-state index contributed by atoms with van der Waals surface area (Å²) in [5.41, 5.74) is 0.289. The molecule has 1 aromatic rings. The zero-order valence-corrected chi connectivity index (χ0v) is 12.2. The van der Waals surface area contributed by atoms with Crippen LogP contribution < -0.4 is 0 Å². The van der Waals surface area contributed by atoms with Gasteiger partial charge in [-0.1, -0.05) is 12.1 Å². The Morgan fingerprint density at radius 3 is 1.70 bits per heavy atom. The van der Waals surface area contributed by atoms with E-state index >= 15 is 0 Å². The molecule has 2 amide bonds. The normalized spacial score (nSPS) is 12.7. The summed E-state index contributed by atoms with van der Waals surface area (Å²) < 4.78 is 9.59. The van der Waals surface area contributed by atoms with Gasteiger partial charge in [0.05, 0.1) is 24.3 Å². The van der Waals surface area contributed by atoms with E-state index in [9.17, 15) is 19.2 Å². The zero-order valence-electron chi connectivity index (χ0n) is 12.2. The maximum atomic E-state index is 12.4. The number of imide groups is 1. The summed E-state index contributed by atoms with van der Waals surface area (Å²) in [7, 11) is 0.